The largest absolute Gasteiger partial charge is 0.329 e. The number of rotatable bonds is 3. The maximum Gasteiger partial charge on any atom is 0.217 e. The summed E-state index contributed by atoms with van der Waals surface area (Å²) in [5, 5.41) is 0. The van der Waals surface area contributed by atoms with E-state index >= 15 is 0 Å². The van der Waals surface area contributed by atoms with Gasteiger partial charge in [0.05, 0.1) is 5.54 Å². The summed E-state index contributed by atoms with van der Waals surface area (Å²) in [6, 6.07) is 0. The molecule has 0 atom stereocenters. The number of aryl methyl sites for hydroxylation is 1. The fourth-order valence-corrected chi connectivity index (χ4v) is 2.23. The SMILES string of the molecule is CCn1ccnc1C(=O)C1(N)CCCC1. The summed E-state index contributed by atoms with van der Waals surface area (Å²) in [6.45, 7) is 2.76. The minimum Gasteiger partial charge on any atom is -0.329 e. The number of nitrogens with two attached hydrogens (primary N) is 1. The molecule has 1 fully saturated rings. The second-order valence-electron chi connectivity index (χ2n) is 4.23. The molecule has 1 heterocycles. The smallest absolute Gasteiger partial charge is 0.217 e. The monoisotopic (exact) mass is 207 g/mol. The van der Waals surface area contributed by atoms with Crippen LogP contribution in [0, 0.1) is 0 Å². The zero-order valence-electron chi connectivity index (χ0n) is 9.07. The Balaban J connectivity index is 2.27. The number of nitrogens with zero attached hydrogens (tertiary/aromatic N) is 2. The lowest BCUT2D eigenvalue weighted by molar-refractivity contribution is 0.0876. The molecular formula is C11H17N3O. The molecule has 0 radical (unpaired) electrons. The highest BCUT2D eigenvalue weighted by atomic mass is 16.1. The maximum atomic E-state index is 12.2. The number of carbonyl (C=O) groups excluding carboxylic acids is 1. The molecule has 1 aromatic rings. The molecule has 0 saturated heterocycles. The Hall–Kier alpha value is -1.16. The van der Waals surface area contributed by atoms with E-state index in [4.69, 9.17) is 5.73 Å². The van der Waals surface area contributed by atoms with Crippen LogP contribution in [-0.2, 0) is 6.54 Å². The summed E-state index contributed by atoms with van der Waals surface area (Å²) < 4.78 is 1.86. The molecule has 82 valence electrons. The van der Waals surface area contributed by atoms with Gasteiger partial charge in [-0.1, -0.05) is 12.8 Å². The number of ketones is 1. The fraction of sp³-hybridized carbons (Fsp3) is 0.636. The van der Waals surface area contributed by atoms with E-state index in [1.807, 2.05) is 17.7 Å². The number of carbonyl (C=O) groups is 1. The minimum atomic E-state index is -0.654. The number of Topliss-reactive ketones (excluding diaryl/α,β-unsaturated/α-hetero) is 1. The molecule has 1 aliphatic carbocycles. The number of aromatic nitrogens is 2. The first-order valence-corrected chi connectivity index (χ1v) is 5.52. The summed E-state index contributed by atoms with van der Waals surface area (Å²) in [7, 11) is 0. The molecule has 1 saturated carbocycles. The van der Waals surface area contributed by atoms with Crippen LogP contribution in [0.15, 0.2) is 12.4 Å². The van der Waals surface area contributed by atoms with Crippen molar-refractivity contribution in [3.05, 3.63) is 18.2 Å². The average Bonchev–Trinajstić information content (AvgIpc) is 2.85. The van der Waals surface area contributed by atoms with Crippen LogP contribution in [0.4, 0.5) is 0 Å². The van der Waals surface area contributed by atoms with Crippen LogP contribution >= 0.6 is 0 Å². The van der Waals surface area contributed by atoms with Gasteiger partial charge in [-0.3, -0.25) is 4.79 Å². The van der Waals surface area contributed by atoms with Crippen molar-refractivity contribution in [2.45, 2.75) is 44.7 Å². The lowest BCUT2D eigenvalue weighted by Crippen LogP contribution is -2.46. The van der Waals surface area contributed by atoms with Crippen LogP contribution in [0.1, 0.15) is 43.2 Å². The third-order valence-electron chi connectivity index (χ3n) is 3.21. The highest BCUT2D eigenvalue weighted by Crippen LogP contribution is 2.29. The Morgan fingerprint density at radius 1 is 1.60 bits per heavy atom. The molecule has 2 N–H and O–H groups in total. The molecule has 0 unspecified atom stereocenters. The van der Waals surface area contributed by atoms with Gasteiger partial charge in [0.2, 0.25) is 5.78 Å². The van der Waals surface area contributed by atoms with Gasteiger partial charge in [0.15, 0.2) is 5.82 Å². The van der Waals surface area contributed by atoms with Crippen LogP contribution < -0.4 is 5.73 Å². The Morgan fingerprint density at radius 2 is 2.27 bits per heavy atom. The van der Waals surface area contributed by atoms with Gasteiger partial charge in [-0.15, -0.1) is 0 Å². The first-order valence-electron chi connectivity index (χ1n) is 5.52. The third-order valence-corrected chi connectivity index (χ3v) is 3.21. The molecule has 0 amide bonds. The summed E-state index contributed by atoms with van der Waals surface area (Å²) in [5.74, 6) is 0.522. The maximum absolute atomic E-state index is 12.2. The van der Waals surface area contributed by atoms with Gasteiger partial charge in [-0.2, -0.15) is 0 Å². The molecule has 0 aliphatic heterocycles. The molecule has 4 nitrogen and oxygen atoms in total. The lowest BCUT2D eigenvalue weighted by atomic mass is 9.93. The molecule has 0 aromatic carbocycles. The molecule has 1 aromatic heterocycles. The van der Waals surface area contributed by atoms with Crippen LogP contribution in [0.2, 0.25) is 0 Å². The van der Waals surface area contributed by atoms with Gasteiger partial charge < -0.3 is 10.3 Å². The first-order chi connectivity index (χ1) is 7.17. The van der Waals surface area contributed by atoms with Crippen molar-refractivity contribution in [2.24, 2.45) is 5.73 Å². The molecular weight excluding hydrogens is 190 g/mol. The highest BCUT2D eigenvalue weighted by molar-refractivity contribution is 6.00. The summed E-state index contributed by atoms with van der Waals surface area (Å²) >= 11 is 0. The van der Waals surface area contributed by atoms with E-state index in [1.165, 1.54) is 0 Å². The van der Waals surface area contributed by atoms with Crippen LogP contribution in [0.3, 0.4) is 0 Å². The first kappa shape index (κ1) is 10.4. The highest BCUT2D eigenvalue weighted by Gasteiger charge is 2.39. The fourth-order valence-electron chi connectivity index (χ4n) is 2.23. The number of imidazole rings is 1. The van der Waals surface area contributed by atoms with Crippen molar-refractivity contribution in [3.8, 4) is 0 Å². The Morgan fingerprint density at radius 3 is 2.87 bits per heavy atom. The standard InChI is InChI=1S/C11H17N3O/c1-2-14-8-7-13-10(14)9(15)11(12)5-3-4-6-11/h7-8H,2-6,12H2,1H3. The predicted octanol–water partition coefficient (Wildman–Crippen LogP) is 1.36. The Bertz CT molecular complexity index is 364. The Labute approximate surface area is 89.5 Å². The van der Waals surface area contributed by atoms with E-state index in [-0.39, 0.29) is 5.78 Å². The van der Waals surface area contributed by atoms with Crippen LogP contribution in [-0.4, -0.2) is 20.9 Å². The van der Waals surface area contributed by atoms with E-state index in [0.717, 1.165) is 32.2 Å². The molecule has 2 rings (SSSR count). The summed E-state index contributed by atoms with van der Waals surface area (Å²) in [4.78, 5) is 16.3. The summed E-state index contributed by atoms with van der Waals surface area (Å²) in [6.07, 6.45) is 7.18. The van der Waals surface area contributed by atoms with Crippen molar-refractivity contribution >= 4 is 5.78 Å². The second-order valence-corrected chi connectivity index (χ2v) is 4.23. The molecule has 0 spiro atoms. The van der Waals surface area contributed by atoms with Crippen molar-refractivity contribution in [1.82, 2.24) is 9.55 Å². The molecule has 0 bridgehead atoms. The second kappa shape index (κ2) is 3.77. The zero-order chi connectivity index (χ0) is 10.9. The lowest BCUT2D eigenvalue weighted by Gasteiger charge is -2.21. The van der Waals surface area contributed by atoms with Gasteiger partial charge >= 0.3 is 0 Å². The van der Waals surface area contributed by atoms with Crippen LogP contribution in [0.25, 0.3) is 0 Å². The van der Waals surface area contributed by atoms with Gasteiger partial charge in [0.1, 0.15) is 0 Å². The van der Waals surface area contributed by atoms with E-state index in [9.17, 15) is 4.79 Å². The van der Waals surface area contributed by atoms with E-state index < -0.39 is 5.54 Å². The Kier molecular flexibility index (Phi) is 2.61. The number of hydrogen-bond acceptors (Lipinski definition) is 3. The minimum absolute atomic E-state index is 0.00634. The van der Waals surface area contributed by atoms with Gasteiger partial charge in [-0.25, -0.2) is 4.98 Å². The van der Waals surface area contributed by atoms with Gasteiger partial charge in [0, 0.05) is 18.9 Å². The normalized spacial score (nSPS) is 19.3. The van der Waals surface area contributed by atoms with Gasteiger partial charge in [-0.05, 0) is 19.8 Å². The summed E-state index contributed by atoms with van der Waals surface area (Å²) in [5.41, 5.74) is 5.46. The van der Waals surface area contributed by atoms with Crippen molar-refractivity contribution in [3.63, 3.8) is 0 Å². The third kappa shape index (κ3) is 1.69. The average molecular weight is 207 g/mol. The van der Waals surface area contributed by atoms with Crippen molar-refractivity contribution in [2.75, 3.05) is 0 Å². The molecule has 4 heteroatoms. The van der Waals surface area contributed by atoms with Crippen molar-refractivity contribution in [1.29, 1.82) is 0 Å². The van der Waals surface area contributed by atoms with Crippen LogP contribution in [0.5, 0.6) is 0 Å². The quantitative estimate of drug-likeness (QED) is 0.761. The van der Waals surface area contributed by atoms with Crippen molar-refractivity contribution < 1.29 is 4.79 Å². The topological polar surface area (TPSA) is 60.9 Å². The number of hydrogen-bond donors (Lipinski definition) is 1. The van der Waals surface area contributed by atoms with E-state index in [2.05, 4.69) is 4.98 Å². The zero-order valence-corrected chi connectivity index (χ0v) is 9.07. The van der Waals surface area contributed by atoms with Gasteiger partial charge in [0.25, 0.3) is 0 Å². The van der Waals surface area contributed by atoms with E-state index in [1.54, 1.807) is 6.20 Å². The molecule has 15 heavy (non-hydrogen) atoms. The molecule has 1 aliphatic rings. The van der Waals surface area contributed by atoms with E-state index in [0.29, 0.717) is 5.82 Å². The predicted molar refractivity (Wildman–Crippen MR) is 57.6 cm³/mol.